The van der Waals surface area contributed by atoms with Crippen molar-refractivity contribution in [2.45, 2.75) is 39.2 Å². The van der Waals surface area contributed by atoms with Gasteiger partial charge in [-0.1, -0.05) is 12.1 Å². The normalized spacial score (nSPS) is 19.6. The molecule has 1 fully saturated rings. The number of carbonyl (C=O) groups excluding carboxylic acids is 1. The van der Waals surface area contributed by atoms with E-state index in [1.54, 1.807) is 12.1 Å². The van der Waals surface area contributed by atoms with Gasteiger partial charge >= 0.3 is 0 Å². The van der Waals surface area contributed by atoms with Crippen molar-refractivity contribution in [1.29, 1.82) is 0 Å². The van der Waals surface area contributed by atoms with E-state index in [-0.39, 0.29) is 23.3 Å². The number of carbonyl (C=O) groups is 1. The van der Waals surface area contributed by atoms with Crippen LogP contribution < -0.4 is 0 Å². The molecule has 4 heteroatoms. The van der Waals surface area contributed by atoms with E-state index in [1.807, 2.05) is 11.8 Å². The van der Waals surface area contributed by atoms with E-state index in [9.17, 15) is 9.18 Å². The third-order valence-electron chi connectivity index (χ3n) is 4.17. The minimum absolute atomic E-state index is 0.120. The van der Waals surface area contributed by atoms with Crippen molar-refractivity contribution < 1.29 is 13.6 Å². The number of fused-ring (bicyclic) bond motifs is 1. The number of furan rings is 1. The number of rotatable bonds is 1. The summed E-state index contributed by atoms with van der Waals surface area (Å²) >= 11 is 0. The number of hydrogen-bond donors (Lipinski definition) is 0. The lowest BCUT2D eigenvalue weighted by atomic mass is 10.0. The van der Waals surface area contributed by atoms with Crippen molar-refractivity contribution in [2.75, 3.05) is 6.54 Å². The van der Waals surface area contributed by atoms with Gasteiger partial charge in [0.15, 0.2) is 17.2 Å². The molecule has 0 unspecified atom stereocenters. The summed E-state index contributed by atoms with van der Waals surface area (Å²) < 4.78 is 19.3. The Kier molecular flexibility index (Phi) is 3.24. The topological polar surface area (TPSA) is 33.5 Å². The van der Waals surface area contributed by atoms with Crippen LogP contribution in [0, 0.1) is 12.7 Å². The molecular formula is C16H18FNO2. The van der Waals surface area contributed by atoms with E-state index in [4.69, 9.17) is 4.42 Å². The fourth-order valence-corrected chi connectivity index (χ4v) is 2.94. The van der Waals surface area contributed by atoms with Gasteiger partial charge in [-0.25, -0.2) is 4.39 Å². The van der Waals surface area contributed by atoms with Gasteiger partial charge in [-0.2, -0.15) is 0 Å². The zero-order chi connectivity index (χ0) is 14.3. The third-order valence-corrected chi connectivity index (χ3v) is 4.17. The van der Waals surface area contributed by atoms with Crippen LogP contribution in [-0.2, 0) is 0 Å². The lowest BCUT2D eigenvalue weighted by molar-refractivity contribution is 0.0604. The van der Waals surface area contributed by atoms with E-state index in [0.29, 0.717) is 5.39 Å². The number of nitrogens with zero attached hydrogens (tertiary/aromatic N) is 1. The van der Waals surface area contributed by atoms with Crippen molar-refractivity contribution >= 4 is 16.9 Å². The second-order valence-corrected chi connectivity index (χ2v) is 5.52. The van der Waals surface area contributed by atoms with Gasteiger partial charge in [-0.05, 0) is 39.2 Å². The Morgan fingerprint density at radius 2 is 2.20 bits per heavy atom. The average Bonchev–Trinajstić information content (AvgIpc) is 2.78. The van der Waals surface area contributed by atoms with Gasteiger partial charge in [0, 0.05) is 23.5 Å². The summed E-state index contributed by atoms with van der Waals surface area (Å²) in [6, 6.07) is 4.99. The molecule has 1 amide bonds. The Morgan fingerprint density at radius 3 is 2.90 bits per heavy atom. The SMILES string of the molecule is Cc1c(C(=O)N2CCCC[C@H]2C)oc2c(F)cccc12. The standard InChI is InChI=1S/C16H18FNO2/c1-10-6-3-4-9-18(10)16(19)14-11(2)12-7-5-8-13(17)15(12)20-14/h5,7-8,10H,3-4,6,9H2,1-2H3/t10-/m1/s1. The Morgan fingerprint density at radius 1 is 1.40 bits per heavy atom. The second-order valence-electron chi connectivity index (χ2n) is 5.52. The van der Waals surface area contributed by atoms with Gasteiger partial charge in [0.25, 0.3) is 5.91 Å². The number of hydrogen-bond acceptors (Lipinski definition) is 2. The van der Waals surface area contributed by atoms with Gasteiger partial charge < -0.3 is 9.32 Å². The Balaban J connectivity index is 2.03. The summed E-state index contributed by atoms with van der Waals surface area (Å²) in [6.07, 6.45) is 3.18. The minimum atomic E-state index is -0.420. The first-order chi connectivity index (χ1) is 9.59. The molecule has 1 atom stereocenters. The quantitative estimate of drug-likeness (QED) is 0.791. The fraction of sp³-hybridized carbons (Fsp3) is 0.438. The van der Waals surface area contributed by atoms with Crippen molar-refractivity contribution in [3.05, 3.63) is 35.3 Å². The number of piperidine rings is 1. The number of halogens is 1. The average molecular weight is 275 g/mol. The monoisotopic (exact) mass is 275 g/mol. The van der Waals surface area contributed by atoms with Crippen LogP contribution in [0.4, 0.5) is 4.39 Å². The Bertz CT molecular complexity index is 662. The lowest BCUT2D eigenvalue weighted by Crippen LogP contribution is -2.42. The molecule has 3 nitrogen and oxygen atoms in total. The van der Waals surface area contributed by atoms with Gasteiger partial charge in [0.1, 0.15) is 0 Å². The highest BCUT2D eigenvalue weighted by Crippen LogP contribution is 2.29. The largest absolute Gasteiger partial charge is 0.448 e. The maximum absolute atomic E-state index is 13.7. The molecule has 0 aliphatic carbocycles. The second kappa shape index (κ2) is 4.93. The van der Waals surface area contributed by atoms with Gasteiger partial charge in [-0.3, -0.25) is 4.79 Å². The van der Waals surface area contributed by atoms with Crippen LogP contribution in [0.3, 0.4) is 0 Å². The minimum Gasteiger partial charge on any atom is -0.448 e. The van der Waals surface area contributed by atoms with E-state index in [1.165, 1.54) is 6.07 Å². The number of likely N-dealkylation sites (tertiary alicyclic amines) is 1. The highest BCUT2D eigenvalue weighted by molar-refractivity contribution is 5.99. The number of para-hydroxylation sites is 1. The first-order valence-corrected chi connectivity index (χ1v) is 7.08. The van der Waals surface area contributed by atoms with E-state index in [2.05, 4.69) is 6.92 Å². The summed E-state index contributed by atoms with van der Waals surface area (Å²) in [5.74, 6) is -0.263. The van der Waals surface area contributed by atoms with E-state index >= 15 is 0 Å². The molecule has 3 rings (SSSR count). The van der Waals surface area contributed by atoms with Crippen molar-refractivity contribution in [3.8, 4) is 0 Å². The maximum Gasteiger partial charge on any atom is 0.290 e. The third kappa shape index (κ3) is 1.99. The Labute approximate surface area is 117 Å². The smallest absolute Gasteiger partial charge is 0.290 e. The number of amides is 1. The zero-order valence-electron chi connectivity index (χ0n) is 11.8. The van der Waals surface area contributed by atoms with Crippen LogP contribution in [0.25, 0.3) is 11.0 Å². The summed E-state index contributed by atoms with van der Waals surface area (Å²) in [6.45, 7) is 4.61. The molecule has 1 aliphatic rings. The van der Waals surface area contributed by atoms with Crippen molar-refractivity contribution in [2.24, 2.45) is 0 Å². The molecule has 0 radical (unpaired) electrons. The molecule has 0 saturated carbocycles. The van der Waals surface area contributed by atoms with Crippen LogP contribution >= 0.6 is 0 Å². The Hall–Kier alpha value is -1.84. The van der Waals surface area contributed by atoms with Crippen LogP contribution in [0.2, 0.25) is 0 Å². The first kappa shape index (κ1) is 13.2. The van der Waals surface area contributed by atoms with Crippen molar-refractivity contribution in [3.63, 3.8) is 0 Å². The highest BCUT2D eigenvalue weighted by Gasteiger charge is 2.28. The van der Waals surface area contributed by atoms with Crippen molar-refractivity contribution in [1.82, 2.24) is 4.90 Å². The molecule has 1 aliphatic heterocycles. The molecule has 20 heavy (non-hydrogen) atoms. The predicted octanol–water partition coefficient (Wildman–Crippen LogP) is 3.89. The number of aryl methyl sites for hydroxylation is 1. The molecule has 2 heterocycles. The van der Waals surface area contributed by atoms with Crippen LogP contribution in [-0.4, -0.2) is 23.4 Å². The van der Waals surface area contributed by atoms with Gasteiger partial charge in [0.2, 0.25) is 0 Å². The molecule has 2 aromatic rings. The lowest BCUT2D eigenvalue weighted by Gasteiger charge is -2.32. The number of benzene rings is 1. The summed E-state index contributed by atoms with van der Waals surface area (Å²) in [7, 11) is 0. The molecule has 1 saturated heterocycles. The first-order valence-electron chi connectivity index (χ1n) is 7.08. The molecule has 0 N–H and O–H groups in total. The van der Waals surface area contributed by atoms with Gasteiger partial charge in [-0.15, -0.1) is 0 Å². The van der Waals surface area contributed by atoms with E-state index < -0.39 is 5.82 Å². The molecule has 1 aromatic heterocycles. The van der Waals surface area contributed by atoms with Crippen LogP contribution in [0.1, 0.15) is 42.3 Å². The van der Waals surface area contributed by atoms with Gasteiger partial charge in [0.05, 0.1) is 0 Å². The van der Waals surface area contributed by atoms with E-state index in [0.717, 1.165) is 31.4 Å². The fourth-order valence-electron chi connectivity index (χ4n) is 2.94. The predicted molar refractivity (Wildman–Crippen MR) is 75.3 cm³/mol. The highest BCUT2D eigenvalue weighted by atomic mass is 19.1. The van der Waals surface area contributed by atoms with Crippen LogP contribution in [0.5, 0.6) is 0 Å². The molecule has 106 valence electrons. The zero-order valence-corrected chi connectivity index (χ0v) is 11.8. The summed E-state index contributed by atoms with van der Waals surface area (Å²) in [5, 5.41) is 0.679. The molecule has 0 bridgehead atoms. The molecule has 1 aromatic carbocycles. The summed E-state index contributed by atoms with van der Waals surface area (Å²) in [5.41, 5.74) is 0.903. The molecular weight excluding hydrogens is 257 g/mol. The maximum atomic E-state index is 13.7. The van der Waals surface area contributed by atoms with Crippen LogP contribution in [0.15, 0.2) is 22.6 Å². The molecule has 0 spiro atoms. The summed E-state index contributed by atoms with van der Waals surface area (Å²) in [4.78, 5) is 14.5.